The van der Waals surface area contributed by atoms with Crippen LogP contribution in [0, 0.1) is 6.92 Å². The van der Waals surface area contributed by atoms with Gasteiger partial charge in [-0.25, -0.2) is 13.4 Å². The van der Waals surface area contributed by atoms with Crippen LogP contribution in [-0.4, -0.2) is 36.2 Å². The Labute approximate surface area is 189 Å². The van der Waals surface area contributed by atoms with E-state index in [1.807, 2.05) is 25.1 Å². The van der Waals surface area contributed by atoms with Crippen molar-refractivity contribution in [3.8, 4) is 11.3 Å². The van der Waals surface area contributed by atoms with Gasteiger partial charge in [-0.05, 0) is 38.0 Å². The molecule has 9 heteroatoms. The topological polar surface area (TPSA) is 79.4 Å². The highest BCUT2D eigenvalue weighted by molar-refractivity contribution is 7.98. The van der Waals surface area contributed by atoms with Crippen molar-refractivity contribution in [3.63, 3.8) is 0 Å². The van der Waals surface area contributed by atoms with E-state index in [2.05, 4.69) is 16.4 Å². The summed E-state index contributed by atoms with van der Waals surface area (Å²) in [6.07, 6.45) is 1.16. The van der Waals surface area contributed by atoms with Crippen LogP contribution < -0.4 is 5.32 Å². The number of carbonyl (C=O) groups is 1. The van der Waals surface area contributed by atoms with Gasteiger partial charge in [0.1, 0.15) is 6.04 Å². The van der Waals surface area contributed by atoms with Gasteiger partial charge in [0.15, 0.2) is 5.13 Å². The fraction of sp³-hybridized carbons (Fsp3) is 0.273. The molecule has 0 spiro atoms. The van der Waals surface area contributed by atoms with Gasteiger partial charge in [-0.2, -0.15) is 4.31 Å². The van der Waals surface area contributed by atoms with Gasteiger partial charge >= 0.3 is 0 Å². The Morgan fingerprint density at radius 3 is 2.74 bits per heavy atom. The molecule has 1 atom stereocenters. The molecule has 1 unspecified atom stereocenters. The number of amides is 1. The van der Waals surface area contributed by atoms with Crippen LogP contribution in [0.25, 0.3) is 11.3 Å². The van der Waals surface area contributed by atoms with E-state index >= 15 is 0 Å². The lowest BCUT2D eigenvalue weighted by Crippen LogP contribution is -2.43. The number of nitrogens with zero attached hydrogens (tertiary/aromatic N) is 2. The van der Waals surface area contributed by atoms with Gasteiger partial charge in [0.2, 0.25) is 15.9 Å². The Kier molecular flexibility index (Phi) is 5.37. The number of hydrogen-bond acceptors (Lipinski definition) is 6. The fourth-order valence-electron chi connectivity index (χ4n) is 3.97. The lowest BCUT2D eigenvalue weighted by atomic mass is 10.1. The quantitative estimate of drug-likeness (QED) is 0.605. The number of nitrogens with one attached hydrogen (secondary N) is 1. The van der Waals surface area contributed by atoms with E-state index in [0.717, 1.165) is 27.5 Å². The molecule has 2 aliphatic rings. The van der Waals surface area contributed by atoms with Crippen LogP contribution in [0.5, 0.6) is 0 Å². The summed E-state index contributed by atoms with van der Waals surface area (Å²) in [5, 5.41) is 3.41. The lowest BCUT2D eigenvalue weighted by Gasteiger charge is -2.23. The molecule has 160 valence electrons. The second-order valence-electron chi connectivity index (χ2n) is 7.65. The summed E-state index contributed by atoms with van der Waals surface area (Å²) in [5.41, 5.74) is 2.97. The average Bonchev–Trinajstić information content (AvgIpc) is 3.41. The Morgan fingerprint density at radius 2 is 1.94 bits per heavy atom. The predicted octanol–water partition coefficient (Wildman–Crippen LogP) is 4.52. The number of fused-ring (bicyclic) bond motifs is 3. The smallest absolute Gasteiger partial charge is 0.244 e. The van der Waals surface area contributed by atoms with E-state index in [4.69, 9.17) is 0 Å². The molecule has 31 heavy (non-hydrogen) atoms. The summed E-state index contributed by atoms with van der Waals surface area (Å²) < 4.78 is 27.6. The molecule has 0 aliphatic carbocycles. The van der Waals surface area contributed by atoms with E-state index in [0.29, 0.717) is 24.5 Å². The molecule has 6 nitrogen and oxygen atoms in total. The van der Waals surface area contributed by atoms with Crippen LogP contribution in [0.3, 0.4) is 0 Å². The lowest BCUT2D eigenvalue weighted by molar-refractivity contribution is -0.119. The maximum absolute atomic E-state index is 13.1. The summed E-state index contributed by atoms with van der Waals surface area (Å²) in [4.78, 5) is 20.2. The van der Waals surface area contributed by atoms with Crippen molar-refractivity contribution in [1.82, 2.24) is 9.29 Å². The second-order valence-corrected chi connectivity index (χ2v) is 11.6. The van der Waals surface area contributed by atoms with Gasteiger partial charge in [0.05, 0.1) is 10.6 Å². The van der Waals surface area contributed by atoms with Gasteiger partial charge < -0.3 is 5.32 Å². The minimum atomic E-state index is -3.73. The Bertz CT molecular complexity index is 1250. The number of benzene rings is 2. The van der Waals surface area contributed by atoms with Crippen molar-refractivity contribution in [2.45, 2.75) is 41.4 Å². The average molecular weight is 472 g/mol. The van der Waals surface area contributed by atoms with Gasteiger partial charge in [-0.3, -0.25) is 4.79 Å². The maximum atomic E-state index is 13.1. The molecule has 1 saturated heterocycles. The fourth-order valence-corrected chi connectivity index (χ4v) is 7.73. The van der Waals surface area contributed by atoms with Gasteiger partial charge in [-0.15, -0.1) is 23.1 Å². The molecule has 2 aliphatic heterocycles. The van der Waals surface area contributed by atoms with Crippen LogP contribution in [0.15, 0.2) is 58.3 Å². The summed E-state index contributed by atoms with van der Waals surface area (Å²) in [5.74, 6) is 0.497. The van der Waals surface area contributed by atoms with Crippen molar-refractivity contribution in [2.75, 3.05) is 11.9 Å². The van der Waals surface area contributed by atoms with E-state index in [9.17, 15) is 13.2 Å². The van der Waals surface area contributed by atoms with Crippen LogP contribution in [0.4, 0.5) is 5.13 Å². The third kappa shape index (κ3) is 3.80. The third-order valence-corrected chi connectivity index (χ3v) is 9.74. The van der Waals surface area contributed by atoms with E-state index in [1.54, 1.807) is 36.0 Å². The van der Waals surface area contributed by atoms with E-state index in [-0.39, 0.29) is 10.8 Å². The number of thioether (sulfide) groups is 1. The zero-order valence-electron chi connectivity index (χ0n) is 16.9. The number of aromatic nitrogens is 1. The van der Waals surface area contributed by atoms with Gasteiger partial charge in [-0.1, -0.05) is 35.9 Å². The molecular weight excluding hydrogens is 450 g/mol. The second kappa shape index (κ2) is 8.05. The normalized spacial score (nSPS) is 18.4. The number of anilines is 1. The molecule has 3 aromatic rings. The highest BCUT2D eigenvalue weighted by Gasteiger charge is 2.39. The molecule has 1 fully saturated rings. The molecule has 1 aromatic heterocycles. The summed E-state index contributed by atoms with van der Waals surface area (Å²) in [7, 11) is -3.73. The first-order valence-corrected chi connectivity index (χ1v) is 13.3. The van der Waals surface area contributed by atoms with Gasteiger partial charge in [0.25, 0.3) is 0 Å². The first-order chi connectivity index (χ1) is 14.9. The molecule has 1 amide bonds. The highest BCUT2D eigenvalue weighted by Crippen LogP contribution is 2.44. The number of aryl methyl sites for hydroxylation is 1. The predicted molar refractivity (Wildman–Crippen MR) is 124 cm³/mol. The molecule has 1 N–H and O–H groups in total. The maximum Gasteiger partial charge on any atom is 0.244 e. The number of thiazole rings is 1. The molecule has 0 saturated carbocycles. The minimum Gasteiger partial charge on any atom is -0.301 e. The van der Waals surface area contributed by atoms with Crippen LogP contribution >= 0.6 is 23.1 Å². The van der Waals surface area contributed by atoms with Crippen LogP contribution in [-0.2, 0) is 20.6 Å². The summed E-state index contributed by atoms with van der Waals surface area (Å²) in [6, 6.07) is 14.1. The van der Waals surface area contributed by atoms with Crippen molar-refractivity contribution in [3.05, 3.63) is 59.0 Å². The van der Waals surface area contributed by atoms with E-state index in [1.165, 1.54) is 20.5 Å². The molecule has 5 rings (SSSR count). The molecule has 0 radical (unpaired) electrons. The number of rotatable bonds is 4. The Hall–Kier alpha value is -2.20. The monoisotopic (exact) mass is 471 g/mol. The van der Waals surface area contributed by atoms with E-state index < -0.39 is 16.1 Å². The highest BCUT2D eigenvalue weighted by atomic mass is 32.2. The number of sulfonamides is 1. The molecule has 0 bridgehead atoms. The standard InChI is InChI=1S/C22H21N3O3S3/c1-14-8-10-15(11-9-14)31(27,28)25-12-4-6-17(25)21(26)24-22-23-20-16-5-2-3-7-18(16)29-13-19(20)30-22/h2-3,5,7-11,17H,4,6,12-13H2,1H3,(H,23,24,26). The molecule has 3 heterocycles. The van der Waals surface area contributed by atoms with Crippen LogP contribution in [0.1, 0.15) is 23.3 Å². The first-order valence-electron chi connectivity index (χ1n) is 10.0. The summed E-state index contributed by atoms with van der Waals surface area (Å²) >= 11 is 3.22. The van der Waals surface area contributed by atoms with Crippen molar-refractivity contribution < 1.29 is 13.2 Å². The summed E-state index contributed by atoms with van der Waals surface area (Å²) in [6.45, 7) is 2.25. The zero-order chi connectivity index (χ0) is 21.6. The zero-order valence-corrected chi connectivity index (χ0v) is 19.3. The molecule has 2 aromatic carbocycles. The third-order valence-electron chi connectivity index (χ3n) is 5.56. The largest absolute Gasteiger partial charge is 0.301 e. The van der Waals surface area contributed by atoms with Crippen molar-refractivity contribution in [2.24, 2.45) is 0 Å². The molecular formula is C22H21N3O3S3. The Morgan fingerprint density at radius 1 is 1.16 bits per heavy atom. The van der Waals surface area contributed by atoms with Crippen LogP contribution in [0.2, 0.25) is 0 Å². The van der Waals surface area contributed by atoms with Gasteiger partial charge in [0, 0.05) is 27.6 Å². The van der Waals surface area contributed by atoms with Crippen molar-refractivity contribution >= 4 is 44.2 Å². The minimum absolute atomic E-state index is 0.219. The number of hydrogen-bond donors (Lipinski definition) is 1. The first kappa shape index (κ1) is 20.7. The SMILES string of the molecule is Cc1ccc(S(=O)(=O)N2CCCC2C(=O)Nc2nc3c(s2)CSc2ccccc2-3)cc1. The van der Waals surface area contributed by atoms with Crippen molar-refractivity contribution in [1.29, 1.82) is 0 Å². The number of carbonyl (C=O) groups excluding carboxylic acids is 1. The Balaban J connectivity index is 1.37.